The Balaban J connectivity index is 2.25. The molecule has 0 N–H and O–H groups in total. The van der Waals surface area contributed by atoms with Gasteiger partial charge in [-0.15, -0.1) is 0 Å². The lowest BCUT2D eigenvalue weighted by Crippen LogP contribution is -1.95. The summed E-state index contributed by atoms with van der Waals surface area (Å²) in [6.07, 6.45) is 1.31. The Morgan fingerprint density at radius 2 is 1.61 bits per heavy atom. The van der Waals surface area contributed by atoms with Gasteiger partial charge in [-0.25, -0.2) is 4.98 Å². The van der Waals surface area contributed by atoms with Crippen molar-refractivity contribution in [1.29, 1.82) is 0 Å². The summed E-state index contributed by atoms with van der Waals surface area (Å²) in [6.45, 7) is 0. The van der Waals surface area contributed by atoms with Crippen molar-refractivity contribution in [2.24, 2.45) is 0 Å². The van der Waals surface area contributed by atoms with Gasteiger partial charge in [0.2, 0.25) is 5.75 Å². The van der Waals surface area contributed by atoms with Crippen LogP contribution in [-0.2, 0) is 0 Å². The Hall–Kier alpha value is -2.01. The second kappa shape index (κ2) is 5.55. The van der Waals surface area contributed by atoms with Crippen LogP contribution in [0.4, 0.5) is 0 Å². The first kappa shape index (κ1) is 12.4. The van der Waals surface area contributed by atoms with Gasteiger partial charge < -0.3 is 14.2 Å². The zero-order valence-corrected chi connectivity index (χ0v) is 10.6. The van der Waals surface area contributed by atoms with Crippen LogP contribution >= 0.6 is 11.6 Å². The van der Waals surface area contributed by atoms with Gasteiger partial charge in [0.15, 0.2) is 5.15 Å². The minimum Gasteiger partial charge on any atom is -0.497 e. The van der Waals surface area contributed by atoms with E-state index in [2.05, 4.69) is 9.97 Å². The number of nitrogens with zero attached hydrogens (tertiary/aromatic N) is 2. The normalized spacial score (nSPS) is 9.94. The van der Waals surface area contributed by atoms with Gasteiger partial charge in [0.05, 0.1) is 14.2 Å². The van der Waals surface area contributed by atoms with Crippen LogP contribution in [0.25, 0.3) is 0 Å². The van der Waals surface area contributed by atoms with E-state index < -0.39 is 0 Å². The van der Waals surface area contributed by atoms with Crippen LogP contribution in [0.2, 0.25) is 5.15 Å². The van der Waals surface area contributed by atoms with E-state index in [0.717, 1.165) is 5.75 Å². The van der Waals surface area contributed by atoms with Gasteiger partial charge in [-0.3, -0.25) is 0 Å². The molecule has 5 nitrogen and oxygen atoms in total. The molecule has 2 rings (SSSR count). The number of hydrogen-bond donors (Lipinski definition) is 0. The minimum atomic E-state index is 0.205. The van der Waals surface area contributed by atoms with E-state index in [9.17, 15) is 0 Å². The molecule has 94 valence electrons. The topological polar surface area (TPSA) is 53.5 Å². The molecule has 0 amide bonds. The van der Waals surface area contributed by atoms with E-state index >= 15 is 0 Å². The molecule has 1 heterocycles. The highest BCUT2D eigenvalue weighted by Crippen LogP contribution is 2.33. The molecule has 2 aromatic rings. The summed E-state index contributed by atoms with van der Waals surface area (Å²) < 4.78 is 15.7. The van der Waals surface area contributed by atoms with Crippen LogP contribution in [0.1, 0.15) is 0 Å². The fourth-order valence-electron chi connectivity index (χ4n) is 1.34. The molecule has 0 spiro atoms. The third-order valence-electron chi connectivity index (χ3n) is 2.21. The van der Waals surface area contributed by atoms with E-state index in [4.69, 9.17) is 25.8 Å². The van der Waals surface area contributed by atoms with Crippen LogP contribution in [-0.4, -0.2) is 24.2 Å². The first-order valence-corrected chi connectivity index (χ1v) is 5.48. The van der Waals surface area contributed by atoms with Crippen molar-refractivity contribution in [3.63, 3.8) is 0 Å². The third kappa shape index (κ3) is 2.62. The Labute approximate surface area is 109 Å². The highest BCUT2D eigenvalue weighted by molar-refractivity contribution is 6.31. The quantitative estimate of drug-likeness (QED) is 0.797. The molecule has 6 heteroatoms. The number of halogens is 1. The van der Waals surface area contributed by atoms with Crippen LogP contribution in [0.5, 0.6) is 23.1 Å². The molecule has 18 heavy (non-hydrogen) atoms. The molecular formula is C12H11ClN2O3. The van der Waals surface area contributed by atoms with Crippen molar-refractivity contribution in [3.8, 4) is 23.1 Å². The van der Waals surface area contributed by atoms with E-state index in [1.165, 1.54) is 13.4 Å². The second-order valence-electron chi connectivity index (χ2n) is 3.28. The number of benzene rings is 1. The van der Waals surface area contributed by atoms with Crippen molar-refractivity contribution < 1.29 is 14.2 Å². The van der Waals surface area contributed by atoms with Gasteiger partial charge >= 0.3 is 0 Å². The van der Waals surface area contributed by atoms with Gasteiger partial charge in [-0.05, 0) is 24.3 Å². The Bertz CT molecular complexity index is 531. The van der Waals surface area contributed by atoms with E-state index in [0.29, 0.717) is 11.5 Å². The van der Waals surface area contributed by atoms with Crippen molar-refractivity contribution in [3.05, 3.63) is 35.7 Å². The zero-order valence-electron chi connectivity index (χ0n) is 9.88. The summed E-state index contributed by atoms with van der Waals surface area (Å²) in [6, 6.07) is 7.08. The SMILES string of the molecule is COc1ccc(Oc2ncnc(Cl)c2OC)cc1. The zero-order chi connectivity index (χ0) is 13.0. The molecule has 0 bridgehead atoms. The molecule has 0 saturated carbocycles. The summed E-state index contributed by atoms with van der Waals surface area (Å²) >= 11 is 5.87. The average Bonchev–Trinajstić information content (AvgIpc) is 2.40. The van der Waals surface area contributed by atoms with Crippen molar-refractivity contribution in [2.75, 3.05) is 14.2 Å². The smallest absolute Gasteiger partial charge is 0.267 e. The van der Waals surface area contributed by atoms with E-state index in [1.807, 2.05) is 0 Å². The Kier molecular flexibility index (Phi) is 3.84. The lowest BCUT2D eigenvalue weighted by molar-refractivity contribution is 0.366. The molecule has 0 fully saturated rings. The minimum absolute atomic E-state index is 0.205. The van der Waals surface area contributed by atoms with E-state index in [-0.39, 0.29) is 11.0 Å². The van der Waals surface area contributed by atoms with Crippen molar-refractivity contribution in [2.45, 2.75) is 0 Å². The molecular weight excluding hydrogens is 256 g/mol. The highest BCUT2D eigenvalue weighted by Gasteiger charge is 2.12. The van der Waals surface area contributed by atoms with Gasteiger partial charge in [0.1, 0.15) is 17.8 Å². The second-order valence-corrected chi connectivity index (χ2v) is 3.64. The fraction of sp³-hybridized carbons (Fsp3) is 0.167. The maximum atomic E-state index is 5.87. The highest BCUT2D eigenvalue weighted by atomic mass is 35.5. The standard InChI is InChI=1S/C12H11ClN2O3/c1-16-8-3-5-9(6-4-8)18-12-10(17-2)11(13)14-7-15-12/h3-7H,1-2H3. The first-order valence-electron chi connectivity index (χ1n) is 5.11. The number of aromatic nitrogens is 2. The van der Waals surface area contributed by atoms with E-state index in [1.54, 1.807) is 31.4 Å². The summed E-state index contributed by atoms with van der Waals surface area (Å²) in [5.41, 5.74) is 0. The maximum Gasteiger partial charge on any atom is 0.267 e. The molecule has 0 aliphatic carbocycles. The van der Waals surface area contributed by atoms with Crippen LogP contribution in [0.15, 0.2) is 30.6 Å². The van der Waals surface area contributed by atoms with Crippen LogP contribution < -0.4 is 14.2 Å². The fourth-order valence-corrected chi connectivity index (χ4v) is 1.54. The number of rotatable bonds is 4. The number of methoxy groups -OCH3 is 2. The summed E-state index contributed by atoms with van der Waals surface area (Å²) in [7, 11) is 3.08. The van der Waals surface area contributed by atoms with Crippen LogP contribution in [0, 0.1) is 0 Å². The molecule has 0 saturated heterocycles. The third-order valence-corrected chi connectivity index (χ3v) is 2.47. The largest absolute Gasteiger partial charge is 0.497 e. The van der Waals surface area contributed by atoms with Gasteiger partial charge in [-0.2, -0.15) is 4.98 Å². The van der Waals surface area contributed by atoms with Gasteiger partial charge in [0, 0.05) is 0 Å². The van der Waals surface area contributed by atoms with Crippen LogP contribution in [0.3, 0.4) is 0 Å². The maximum absolute atomic E-state index is 5.87. The lowest BCUT2D eigenvalue weighted by Gasteiger charge is -2.09. The summed E-state index contributed by atoms with van der Waals surface area (Å²) in [5.74, 6) is 1.91. The molecule has 0 aliphatic heterocycles. The summed E-state index contributed by atoms with van der Waals surface area (Å²) in [4.78, 5) is 7.78. The monoisotopic (exact) mass is 266 g/mol. The number of ether oxygens (including phenoxy) is 3. The molecule has 0 atom stereocenters. The Morgan fingerprint density at radius 3 is 2.22 bits per heavy atom. The summed E-state index contributed by atoms with van der Waals surface area (Å²) in [5, 5.41) is 0.205. The lowest BCUT2D eigenvalue weighted by atomic mass is 10.3. The van der Waals surface area contributed by atoms with Gasteiger partial charge in [0.25, 0.3) is 5.88 Å². The molecule has 1 aromatic carbocycles. The van der Waals surface area contributed by atoms with Crippen molar-refractivity contribution >= 4 is 11.6 Å². The first-order chi connectivity index (χ1) is 8.74. The molecule has 0 unspecified atom stereocenters. The predicted octanol–water partition coefficient (Wildman–Crippen LogP) is 2.94. The molecule has 1 aromatic heterocycles. The van der Waals surface area contributed by atoms with Crippen molar-refractivity contribution in [1.82, 2.24) is 9.97 Å². The average molecular weight is 267 g/mol. The number of hydrogen-bond acceptors (Lipinski definition) is 5. The predicted molar refractivity (Wildman–Crippen MR) is 66.7 cm³/mol. The molecule has 0 aliphatic rings. The molecule has 0 radical (unpaired) electrons. The van der Waals surface area contributed by atoms with Gasteiger partial charge in [-0.1, -0.05) is 11.6 Å². The Morgan fingerprint density at radius 1 is 0.944 bits per heavy atom.